The smallest absolute Gasteiger partial charge is 0.230 e. The maximum atomic E-state index is 5.93. The van der Waals surface area contributed by atoms with Gasteiger partial charge in [-0.25, -0.2) is 0 Å². The lowest BCUT2D eigenvalue weighted by atomic mass is 9.99. The topological polar surface area (TPSA) is 57.2 Å². The Morgan fingerprint density at radius 1 is 1.32 bits per heavy atom. The zero-order chi connectivity index (χ0) is 14.0. The Kier molecular flexibility index (Phi) is 4.42. The van der Waals surface area contributed by atoms with E-state index in [1.807, 2.05) is 19.0 Å². The Morgan fingerprint density at radius 2 is 2.05 bits per heavy atom. The average molecular weight is 285 g/mol. The molecular weight excluding hydrogens is 264 g/mol. The maximum Gasteiger partial charge on any atom is 0.230 e. The van der Waals surface area contributed by atoms with Crippen LogP contribution >= 0.6 is 11.6 Å². The summed E-state index contributed by atoms with van der Waals surface area (Å²) >= 11 is 5.93. The van der Waals surface area contributed by atoms with Crippen LogP contribution in [0.4, 0.5) is 11.9 Å². The number of halogens is 1. The predicted octanol–water partition coefficient (Wildman–Crippen LogP) is 1.49. The van der Waals surface area contributed by atoms with E-state index in [0.29, 0.717) is 24.0 Å². The molecule has 0 amide bonds. The molecule has 2 unspecified atom stereocenters. The molecule has 1 aliphatic heterocycles. The summed E-state index contributed by atoms with van der Waals surface area (Å²) in [6, 6.07) is 0.955. The van der Waals surface area contributed by atoms with Gasteiger partial charge in [0.05, 0.1) is 0 Å². The van der Waals surface area contributed by atoms with Crippen molar-refractivity contribution in [2.75, 3.05) is 37.9 Å². The van der Waals surface area contributed by atoms with Gasteiger partial charge in [0.1, 0.15) is 0 Å². The SMILES string of the molecule is CC1CC(Nc2nc(Cl)nc(N(C)C)n2)CCN1C. The number of rotatable bonds is 3. The Morgan fingerprint density at radius 3 is 2.68 bits per heavy atom. The van der Waals surface area contributed by atoms with Gasteiger partial charge in [0.2, 0.25) is 17.2 Å². The fourth-order valence-electron chi connectivity index (χ4n) is 2.21. The molecule has 2 heterocycles. The van der Waals surface area contributed by atoms with Crippen LogP contribution in [0.5, 0.6) is 0 Å². The third-order valence-electron chi connectivity index (χ3n) is 3.54. The van der Waals surface area contributed by atoms with Crippen molar-refractivity contribution < 1.29 is 0 Å². The summed E-state index contributed by atoms with van der Waals surface area (Å²) in [4.78, 5) is 16.8. The van der Waals surface area contributed by atoms with Gasteiger partial charge in [-0.1, -0.05) is 0 Å². The molecule has 0 aromatic carbocycles. The molecule has 1 saturated heterocycles. The first-order chi connectivity index (χ1) is 8.95. The van der Waals surface area contributed by atoms with E-state index < -0.39 is 0 Å². The summed E-state index contributed by atoms with van der Waals surface area (Å²) in [6.45, 7) is 3.32. The molecule has 7 heteroatoms. The molecule has 1 fully saturated rings. The van der Waals surface area contributed by atoms with Crippen molar-refractivity contribution in [2.45, 2.75) is 31.8 Å². The molecule has 1 aliphatic rings. The Labute approximate surface area is 119 Å². The molecular formula is C12H21ClN6. The summed E-state index contributed by atoms with van der Waals surface area (Å²) < 4.78 is 0. The quantitative estimate of drug-likeness (QED) is 0.907. The van der Waals surface area contributed by atoms with Gasteiger partial charge in [0.15, 0.2) is 0 Å². The van der Waals surface area contributed by atoms with Crippen molar-refractivity contribution in [3.05, 3.63) is 5.28 Å². The molecule has 1 aromatic heterocycles. The van der Waals surface area contributed by atoms with Crippen LogP contribution in [0.25, 0.3) is 0 Å². The van der Waals surface area contributed by atoms with Crippen molar-refractivity contribution in [3.63, 3.8) is 0 Å². The van der Waals surface area contributed by atoms with Crippen molar-refractivity contribution in [3.8, 4) is 0 Å². The highest BCUT2D eigenvalue weighted by atomic mass is 35.5. The summed E-state index contributed by atoms with van der Waals surface area (Å²) in [7, 11) is 5.92. The van der Waals surface area contributed by atoms with Gasteiger partial charge in [0, 0.05) is 32.7 Å². The van der Waals surface area contributed by atoms with Gasteiger partial charge >= 0.3 is 0 Å². The van der Waals surface area contributed by atoms with E-state index in [-0.39, 0.29) is 5.28 Å². The first-order valence-corrected chi connectivity index (χ1v) is 6.89. The number of hydrogen-bond donors (Lipinski definition) is 1. The van der Waals surface area contributed by atoms with Crippen LogP contribution in [0.15, 0.2) is 0 Å². The monoisotopic (exact) mass is 284 g/mol. The van der Waals surface area contributed by atoms with Crippen LogP contribution in [-0.4, -0.2) is 59.6 Å². The van der Waals surface area contributed by atoms with E-state index in [0.717, 1.165) is 19.4 Å². The number of piperidine rings is 1. The van der Waals surface area contributed by atoms with Gasteiger partial charge in [-0.3, -0.25) is 0 Å². The Balaban J connectivity index is 2.07. The van der Waals surface area contributed by atoms with Crippen molar-refractivity contribution in [2.24, 2.45) is 0 Å². The third kappa shape index (κ3) is 3.67. The van der Waals surface area contributed by atoms with Gasteiger partial charge in [-0.15, -0.1) is 0 Å². The van der Waals surface area contributed by atoms with E-state index in [1.54, 1.807) is 0 Å². The minimum atomic E-state index is 0.224. The molecule has 0 spiro atoms. The molecule has 0 saturated carbocycles. The van der Waals surface area contributed by atoms with E-state index in [2.05, 4.69) is 39.1 Å². The van der Waals surface area contributed by atoms with Crippen LogP contribution in [0.3, 0.4) is 0 Å². The van der Waals surface area contributed by atoms with Gasteiger partial charge in [0.25, 0.3) is 0 Å². The van der Waals surface area contributed by atoms with E-state index >= 15 is 0 Å². The largest absolute Gasteiger partial charge is 0.351 e. The molecule has 0 bridgehead atoms. The molecule has 2 atom stereocenters. The van der Waals surface area contributed by atoms with Crippen LogP contribution in [0, 0.1) is 0 Å². The van der Waals surface area contributed by atoms with Crippen molar-refractivity contribution >= 4 is 23.5 Å². The molecule has 19 heavy (non-hydrogen) atoms. The highest BCUT2D eigenvalue weighted by Gasteiger charge is 2.23. The summed E-state index contributed by atoms with van der Waals surface area (Å²) in [5.41, 5.74) is 0. The minimum absolute atomic E-state index is 0.224. The lowest BCUT2D eigenvalue weighted by Gasteiger charge is -2.35. The van der Waals surface area contributed by atoms with E-state index in [4.69, 9.17) is 11.6 Å². The standard InChI is InChI=1S/C12H21ClN6/c1-8-7-9(5-6-19(8)4)14-11-15-10(13)16-12(17-11)18(2)3/h8-9H,5-7H2,1-4H3,(H,14,15,16,17). The number of hydrogen-bond acceptors (Lipinski definition) is 6. The first-order valence-electron chi connectivity index (χ1n) is 6.51. The fraction of sp³-hybridized carbons (Fsp3) is 0.750. The number of aromatic nitrogens is 3. The summed E-state index contributed by atoms with van der Waals surface area (Å²) in [5, 5.41) is 3.59. The normalized spacial score (nSPS) is 24.3. The molecule has 0 aliphatic carbocycles. The fourth-order valence-corrected chi connectivity index (χ4v) is 2.36. The lowest BCUT2D eigenvalue weighted by molar-refractivity contribution is 0.190. The minimum Gasteiger partial charge on any atom is -0.351 e. The summed E-state index contributed by atoms with van der Waals surface area (Å²) in [6.07, 6.45) is 2.17. The van der Waals surface area contributed by atoms with Gasteiger partial charge in [-0.2, -0.15) is 15.0 Å². The number of nitrogens with zero attached hydrogens (tertiary/aromatic N) is 5. The number of anilines is 2. The Hall–Kier alpha value is -1.14. The first kappa shape index (κ1) is 14.3. The Bertz CT molecular complexity index is 438. The number of nitrogens with one attached hydrogen (secondary N) is 1. The van der Waals surface area contributed by atoms with E-state index in [1.165, 1.54) is 0 Å². The highest BCUT2D eigenvalue weighted by Crippen LogP contribution is 2.19. The zero-order valence-corrected chi connectivity index (χ0v) is 12.6. The predicted molar refractivity (Wildman–Crippen MR) is 77.9 cm³/mol. The van der Waals surface area contributed by atoms with Gasteiger partial charge in [-0.05, 0) is 38.4 Å². The molecule has 0 radical (unpaired) electrons. The van der Waals surface area contributed by atoms with Crippen molar-refractivity contribution in [1.29, 1.82) is 0 Å². The highest BCUT2D eigenvalue weighted by molar-refractivity contribution is 6.28. The van der Waals surface area contributed by atoms with Gasteiger partial charge < -0.3 is 15.1 Å². The maximum absolute atomic E-state index is 5.93. The third-order valence-corrected chi connectivity index (χ3v) is 3.71. The van der Waals surface area contributed by atoms with Crippen LogP contribution in [0.1, 0.15) is 19.8 Å². The second-order valence-corrected chi connectivity index (χ2v) is 5.66. The summed E-state index contributed by atoms with van der Waals surface area (Å²) in [5.74, 6) is 1.13. The number of likely N-dealkylation sites (tertiary alicyclic amines) is 1. The molecule has 6 nitrogen and oxygen atoms in total. The molecule has 2 rings (SSSR count). The van der Waals surface area contributed by atoms with Crippen molar-refractivity contribution in [1.82, 2.24) is 19.9 Å². The average Bonchev–Trinajstić information content (AvgIpc) is 2.33. The molecule has 1 N–H and O–H groups in total. The van der Waals surface area contributed by atoms with E-state index in [9.17, 15) is 0 Å². The second-order valence-electron chi connectivity index (χ2n) is 5.32. The molecule has 106 valence electrons. The second kappa shape index (κ2) is 5.88. The van der Waals surface area contributed by atoms with Crippen LogP contribution in [0.2, 0.25) is 5.28 Å². The molecule has 1 aromatic rings. The lowest BCUT2D eigenvalue weighted by Crippen LogP contribution is -2.42. The zero-order valence-electron chi connectivity index (χ0n) is 11.9. The van der Waals surface area contributed by atoms with Crippen LogP contribution in [-0.2, 0) is 0 Å². The van der Waals surface area contributed by atoms with Crippen LogP contribution < -0.4 is 10.2 Å².